The molecule has 0 atom stereocenters. The fourth-order valence-electron chi connectivity index (χ4n) is 3.63. The zero-order valence-electron chi connectivity index (χ0n) is 20.0. The molecule has 0 aliphatic heterocycles. The lowest BCUT2D eigenvalue weighted by atomic mass is 10.1. The second kappa shape index (κ2) is 12.0. The largest absolute Gasteiger partial charge is 0.416 e. The van der Waals surface area contributed by atoms with Crippen LogP contribution in [-0.4, -0.2) is 59.8 Å². The normalized spacial score (nSPS) is 11.6. The lowest BCUT2D eigenvalue weighted by molar-refractivity contribution is -0.137. The summed E-state index contributed by atoms with van der Waals surface area (Å²) >= 11 is 0. The van der Waals surface area contributed by atoms with Gasteiger partial charge in [0.25, 0.3) is 11.5 Å². The van der Waals surface area contributed by atoms with Gasteiger partial charge in [0.05, 0.1) is 37.7 Å². The molecular formula is C24H28F3N5O4. The van der Waals surface area contributed by atoms with Crippen molar-refractivity contribution in [2.24, 2.45) is 12.8 Å². The maximum Gasteiger partial charge on any atom is 0.416 e. The minimum atomic E-state index is -4.59. The smallest absolute Gasteiger partial charge is 0.378 e. The number of nitrogens with one attached hydrogen (secondary N) is 1. The Morgan fingerprint density at radius 2 is 1.83 bits per heavy atom. The van der Waals surface area contributed by atoms with Crippen molar-refractivity contribution in [1.29, 1.82) is 0 Å². The molecule has 3 N–H and O–H groups in total. The van der Waals surface area contributed by atoms with E-state index in [2.05, 4.69) is 10.4 Å². The van der Waals surface area contributed by atoms with Gasteiger partial charge >= 0.3 is 6.18 Å². The second-order valence-electron chi connectivity index (χ2n) is 7.86. The predicted molar refractivity (Wildman–Crippen MR) is 127 cm³/mol. The van der Waals surface area contributed by atoms with Crippen LogP contribution in [0, 0.1) is 6.92 Å². The van der Waals surface area contributed by atoms with Gasteiger partial charge in [0.15, 0.2) is 0 Å². The van der Waals surface area contributed by atoms with Crippen molar-refractivity contribution in [2.45, 2.75) is 13.1 Å². The quantitative estimate of drug-likeness (QED) is 0.385. The van der Waals surface area contributed by atoms with Crippen LogP contribution in [0.4, 0.5) is 13.2 Å². The van der Waals surface area contributed by atoms with Crippen LogP contribution in [0.3, 0.4) is 0 Å². The molecule has 0 unspecified atom stereocenters. The Labute approximate surface area is 205 Å². The van der Waals surface area contributed by atoms with Crippen LogP contribution in [0.5, 0.6) is 0 Å². The summed E-state index contributed by atoms with van der Waals surface area (Å²) in [5.41, 5.74) is 4.87. The molecule has 0 aliphatic carbocycles. The fraction of sp³-hybridized carbons (Fsp3) is 0.375. The molecule has 0 spiro atoms. The number of nitrogens with zero attached hydrogens (tertiary/aromatic N) is 3. The maximum atomic E-state index is 13.4. The number of carbonyl (C=O) groups excluding carboxylic acids is 1. The van der Waals surface area contributed by atoms with E-state index in [1.54, 1.807) is 30.9 Å². The van der Waals surface area contributed by atoms with Crippen molar-refractivity contribution in [3.63, 3.8) is 0 Å². The average Bonchev–Trinajstić information content (AvgIpc) is 3.26. The number of amides is 1. The van der Waals surface area contributed by atoms with Crippen LogP contribution in [0.25, 0.3) is 16.9 Å². The molecule has 36 heavy (non-hydrogen) atoms. The first-order valence-electron chi connectivity index (χ1n) is 11.2. The lowest BCUT2D eigenvalue weighted by Gasteiger charge is -2.18. The van der Waals surface area contributed by atoms with E-state index in [0.717, 1.165) is 16.7 Å². The zero-order chi connectivity index (χ0) is 26.3. The Morgan fingerprint density at radius 3 is 2.47 bits per heavy atom. The minimum absolute atomic E-state index is 0.00814. The monoisotopic (exact) mass is 507 g/mol. The Morgan fingerprint density at radius 1 is 1.11 bits per heavy atom. The number of nitrogens with two attached hydrogens (primary N) is 1. The number of rotatable bonds is 11. The zero-order valence-corrected chi connectivity index (χ0v) is 20.0. The van der Waals surface area contributed by atoms with Gasteiger partial charge in [-0.05, 0) is 37.3 Å². The van der Waals surface area contributed by atoms with E-state index in [1.807, 2.05) is 0 Å². The molecule has 0 aliphatic rings. The van der Waals surface area contributed by atoms with Gasteiger partial charge in [0, 0.05) is 43.3 Å². The number of carbonyl (C=O) groups is 1. The van der Waals surface area contributed by atoms with E-state index < -0.39 is 23.2 Å². The third-order valence-corrected chi connectivity index (χ3v) is 5.39. The molecule has 12 heteroatoms. The highest BCUT2D eigenvalue weighted by Gasteiger charge is 2.31. The number of benzene rings is 1. The minimum Gasteiger partial charge on any atom is -0.378 e. The summed E-state index contributed by atoms with van der Waals surface area (Å²) in [6.45, 7) is 3.41. The van der Waals surface area contributed by atoms with E-state index in [-0.39, 0.29) is 24.4 Å². The number of ether oxygens (including phenoxy) is 2. The first kappa shape index (κ1) is 27.1. The number of aromatic nitrogens is 3. The highest BCUT2D eigenvalue weighted by atomic mass is 19.4. The molecule has 1 amide bonds. The molecule has 0 radical (unpaired) electrons. The molecule has 1 aromatic carbocycles. The molecule has 2 aromatic heterocycles. The number of aryl methyl sites for hydroxylation is 1. The van der Waals surface area contributed by atoms with E-state index in [0.29, 0.717) is 43.3 Å². The summed E-state index contributed by atoms with van der Waals surface area (Å²) in [4.78, 5) is 26.3. The standard InChI is InChI=1S/C24H28F3N5O4/c1-16-19(21-6-8-30-31(21)2)15-20(22(33)29-9-11-36-13-12-35-10-7-28)23(34)32(16)18-5-3-4-17(14-18)24(25,26)27/h3-6,8,14-15H,7,9-13,28H2,1-2H3,(H,29,33). The van der Waals surface area contributed by atoms with Crippen LogP contribution in [-0.2, 0) is 22.7 Å². The van der Waals surface area contributed by atoms with Gasteiger partial charge < -0.3 is 20.5 Å². The molecule has 0 saturated carbocycles. The van der Waals surface area contributed by atoms with E-state index in [1.165, 1.54) is 18.2 Å². The summed E-state index contributed by atoms with van der Waals surface area (Å²) in [6, 6.07) is 7.52. The van der Waals surface area contributed by atoms with E-state index in [4.69, 9.17) is 15.2 Å². The number of hydrogen-bond donors (Lipinski definition) is 2. The van der Waals surface area contributed by atoms with Crippen molar-refractivity contribution in [3.05, 3.63) is 69.8 Å². The lowest BCUT2D eigenvalue weighted by Crippen LogP contribution is -2.35. The Kier molecular flexibility index (Phi) is 9.02. The Hall–Kier alpha value is -3.48. The van der Waals surface area contributed by atoms with Crippen LogP contribution in [0.2, 0.25) is 0 Å². The summed E-state index contributed by atoms with van der Waals surface area (Å²) in [7, 11) is 1.68. The average molecular weight is 508 g/mol. The molecular weight excluding hydrogens is 479 g/mol. The predicted octanol–water partition coefficient (Wildman–Crippen LogP) is 2.29. The summed E-state index contributed by atoms with van der Waals surface area (Å²) in [5.74, 6) is -0.674. The van der Waals surface area contributed by atoms with Crippen molar-refractivity contribution < 1.29 is 27.4 Å². The van der Waals surface area contributed by atoms with Gasteiger partial charge in [-0.3, -0.25) is 18.8 Å². The first-order chi connectivity index (χ1) is 17.1. The van der Waals surface area contributed by atoms with E-state index >= 15 is 0 Å². The molecule has 3 rings (SSSR count). The molecule has 3 aromatic rings. The molecule has 0 fully saturated rings. The Bertz CT molecular complexity index is 1250. The molecule has 9 nitrogen and oxygen atoms in total. The van der Waals surface area contributed by atoms with Crippen LogP contribution in [0.1, 0.15) is 21.6 Å². The van der Waals surface area contributed by atoms with Crippen molar-refractivity contribution in [1.82, 2.24) is 19.7 Å². The van der Waals surface area contributed by atoms with E-state index in [9.17, 15) is 22.8 Å². The molecule has 2 heterocycles. The van der Waals surface area contributed by atoms with Gasteiger partial charge in [-0.25, -0.2) is 0 Å². The summed E-state index contributed by atoms with van der Waals surface area (Å²) < 4.78 is 53.3. The molecule has 0 saturated heterocycles. The first-order valence-corrected chi connectivity index (χ1v) is 11.2. The van der Waals surface area contributed by atoms with Crippen LogP contribution in [0.15, 0.2) is 47.4 Å². The van der Waals surface area contributed by atoms with Crippen molar-refractivity contribution in [3.8, 4) is 16.9 Å². The van der Waals surface area contributed by atoms with Crippen molar-refractivity contribution in [2.75, 3.05) is 39.5 Å². The summed E-state index contributed by atoms with van der Waals surface area (Å²) in [5, 5.41) is 6.75. The number of hydrogen-bond acceptors (Lipinski definition) is 6. The fourth-order valence-corrected chi connectivity index (χ4v) is 3.63. The van der Waals surface area contributed by atoms with Crippen molar-refractivity contribution >= 4 is 5.91 Å². The topological polar surface area (TPSA) is 113 Å². The van der Waals surface area contributed by atoms with Gasteiger partial charge in [0.2, 0.25) is 0 Å². The maximum absolute atomic E-state index is 13.4. The highest BCUT2D eigenvalue weighted by molar-refractivity contribution is 5.95. The number of pyridine rings is 1. The molecule has 194 valence electrons. The highest BCUT2D eigenvalue weighted by Crippen LogP contribution is 2.31. The Balaban J connectivity index is 1.94. The third-order valence-electron chi connectivity index (χ3n) is 5.39. The molecule has 0 bridgehead atoms. The summed E-state index contributed by atoms with van der Waals surface area (Å²) in [6.07, 6.45) is -3.05. The second-order valence-corrected chi connectivity index (χ2v) is 7.86. The van der Waals surface area contributed by atoms with Gasteiger partial charge in [-0.1, -0.05) is 6.07 Å². The van der Waals surface area contributed by atoms with Crippen LogP contribution < -0.4 is 16.6 Å². The van der Waals surface area contributed by atoms with Gasteiger partial charge in [0.1, 0.15) is 5.56 Å². The number of alkyl halides is 3. The van der Waals surface area contributed by atoms with Crippen LogP contribution >= 0.6 is 0 Å². The van der Waals surface area contributed by atoms with Gasteiger partial charge in [-0.15, -0.1) is 0 Å². The number of halogens is 3. The third kappa shape index (κ3) is 6.39. The van der Waals surface area contributed by atoms with Gasteiger partial charge in [-0.2, -0.15) is 18.3 Å². The SMILES string of the molecule is Cc1c(-c2ccnn2C)cc(C(=O)NCCOCCOCCN)c(=O)n1-c1cccc(C(F)(F)F)c1.